The highest BCUT2D eigenvalue weighted by Crippen LogP contribution is 2.39. The first kappa shape index (κ1) is 27.4. The molecule has 40 heavy (non-hydrogen) atoms. The summed E-state index contributed by atoms with van der Waals surface area (Å²) in [4.78, 5) is 42.2. The van der Waals surface area contributed by atoms with Gasteiger partial charge in [0.25, 0.3) is 0 Å². The molecule has 7 heteroatoms. The average molecular weight is 539 g/mol. The van der Waals surface area contributed by atoms with Gasteiger partial charge >= 0.3 is 6.03 Å². The molecule has 2 atom stereocenters. The Morgan fingerprint density at radius 2 is 1.65 bits per heavy atom. The Labute approximate surface area is 236 Å². The van der Waals surface area contributed by atoms with E-state index in [0.717, 1.165) is 42.4 Å². The number of hydrogen-bond acceptors (Lipinski definition) is 3. The van der Waals surface area contributed by atoms with E-state index in [4.69, 9.17) is 0 Å². The third kappa shape index (κ3) is 6.36. The van der Waals surface area contributed by atoms with Crippen LogP contribution in [0.5, 0.6) is 0 Å². The lowest BCUT2D eigenvalue weighted by Gasteiger charge is -2.35. The lowest BCUT2D eigenvalue weighted by atomic mass is 9.83. The summed E-state index contributed by atoms with van der Waals surface area (Å²) in [6, 6.07) is 24.0. The van der Waals surface area contributed by atoms with E-state index in [1.807, 2.05) is 85.8 Å². The number of benzene rings is 3. The van der Waals surface area contributed by atoms with Gasteiger partial charge in [0.15, 0.2) is 0 Å². The zero-order valence-electron chi connectivity index (χ0n) is 23.3. The number of hydrogen-bond donors (Lipinski definition) is 3. The van der Waals surface area contributed by atoms with E-state index in [0.29, 0.717) is 17.8 Å². The van der Waals surface area contributed by atoms with Gasteiger partial charge in [-0.1, -0.05) is 79.9 Å². The minimum Gasteiger partial charge on any atom is -0.349 e. The quantitative estimate of drug-likeness (QED) is 0.365. The molecular formula is C33H38N4O3. The molecule has 2 aliphatic rings. The van der Waals surface area contributed by atoms with Crippen LogP contribution in [0.4, 0.5) is 16.2 Å². The normalized spacial score (nSPS) is 20.1. The second-order valence-electron chi connectivity index (χ2n) is 11.4. The molecule has 0 saturated heterocycles. The summed E-state index contributed by atoms with van der Waals surface area (Å²) >= 11 is 0. The van der Waals surface area contributed by atoms with E-state index < -0.39 is 12.1 Å². The van der Waals surface area contributed by atoms with Crippen LogP contribution < -0.4 is 20.9 Å². The molecule has 1 saturated carbocycles. The average Bonchev–Trinajstić information content (AvgIpc) is 3.04. The maximum Gasteiger partial charge on any atom is 0.319 e. The van der Waals surface area contributed by atoms with Crippen molar-refractivity contribution in [1.82, 2.24) is 10.6 Å². The molecule has 1 heterocycles. The van der Waals surface area contributed by atoms with E-state index >= 15 is 0 Å². The summed E-state index contributed by atoms with van der Waals surface area (Å²) < 4.78 is 0. The van der Waals surface area contributed by atoms with Gasteiger partial charge in [-0.3, -0.25) is 9.59 Å². The molecule has 1 aliphatic heterocycles. The van der Waals surface area contributed by atoms with Gasteiger partial charge in [-0.05, 0) is 68.0 Å². The van der Waals surface area contributed by atoms with Crippen molar-refractivity contribution in [3.63, 3.8) is 0 Å². The molecule has 3 aromatic rings. The monoisotopic (exact) mass is 538 g/mol. The van der Waals surface area contributed by atoms with E-state index in [1.165, 1.54) is 6.42 Å². The first-order chi connectivity index (χ1) is 19.3. The molecule has 7 nitrogen and oxygen atoms in total. The Kier molecular flexibility index (Phi) is 8.19. The Hall–Kier alpha value is -4.13. The third-order valence-corrected chi connectivity index (χ3v) is 8.12. The summed E-state index contributed by atoms with van der Waals surface area (Å²) in [6.45, 7) is 3.94. The number of carbonyl (C=O) groups is 3. The van der Waals surface area contributed by atoms with Crippen molar-refractivity contribution in [3.8, 4) is 0 Å². The lowest BCUT2D eigenvalue weighted by Crippen LogP contribution is -2.54. The van der Waals surface area contributed by atoms with E-state index in [1.54, 1.807) is 4.90 Å². The molecule has 0 spiro atoms. The zero-order chi connectivity index (χ0) is 28.1. The van der Waals surface area contributed by atoms with E-state index in [-0.39, 0.29) is 29.8 Å². The molecule has 0 aromatic heterocycles. The largest absolute Gasteiger partial charge is 0.349 e. The highest BCUT2D eigenvalue weighted by Gasteiger charge is 2.38. The van der Waals surface area contributed by atoms with Crippen LogP contribution in [-0.4, -0.2) is 36.0 Å². The highest BCUT2D eigenvalue weighted by atomic mass is 16.2. The number of rotatable bonds is 6. The van der Waals surface area contributed by atoms with Gasteiger partial charge in [0, 0.05) is 22.8 Å². The fourth-order valence-corrected chi connectivity index (χ4v) is 6.11. The maximum atomic E-state index is 14.1. The van der Waals surface area contributed by atoms with Gasteiger partial charge in [0.05, 0.1) is 0 Å². The van der Waals surface area contributed by atoms with Crippen LogP contribution in [0.25, 0.3) is 0 Å². The van der Waals surface area contributed by atoms with Gasteiger partial charge in [0.2, 0.25) is 11.8 Å². The van der Waals surface area contributed by atoms with Crippen LogP contribution in [-0.2, 0) is 9.59 Å². The SMILES string of the molecule is Cc1cccc(NC(=O)NC2CC(c3ccccc3)c3ccccc3N(CC(=O)NC3(C)CCCCC3)C2=O)c1. The summed E-state index contributed by atoms with van der Waals surface area (Å²) in [6.07, 6.45) is 5.59. The number of anilines is 2. The summed E-state index contributed by atoms with van der Waals surface area (Å²) in [5.41, 5.74) is 4.12. The van der Waals surface area contributed by atoms with Gasteiger partial charge in [-0.15, -0.1) is 0 Å². The summed E-state index contributed by atoms with van der Waals surface area (Å²) in [5, 5.41) is 9.01. The standard InChI is InChI=1S/C33H38N4O3/c1-23-12-11-15-25(20-23)34-32(40)35-28-21-27(24-13-5-3-6-14-24)26-16-7-8-17-29(26)37(31(28)39)22-30(38)36-33(2)18-9-4-10-19-33/h3,5-8,11-17,20,27-28H,4,9-10,18-19,21-22H2,1-2H3,(H,36,38)(H2,34,35,40). The van der Waals surface area contributed by atoms with E-state index in [2.05, 4.69) is 22.9 Å². The summed E-state index contributed by atoms with van der Waals surface area (Å²) in [7, 11) is 0. The molecule has 1 fully saturated rings. The van der Waals surface area contributed by atoms with Crippen LogP contribution in [0.1, 0.15) is 68.1 Å². The maximum absolute atomic E-state index is 14.1. The van der Waals surface area contributed by atoms with Crippen LogP contribution in [0.15, 0.2) is 78.9 Å². The zero-order valence-corrected chi connectivity index (χ0v) is 23.3. The van der Waals surface area contributed by atoms with Gasteiger partial charge in [-0.2, -0.15) is 0 Å². The van der Waals surface area contributed by atoms with Crippen molar-refractivity contribution in [3.05, 3.63) is 95.6 Å². The fraction of sp³-hybridized carbons (Fsp3) is 0.364. The van der Waals surface area contributed by atoms with Crippen molar-refractivity contribution >= 4 is 29.2 Å². The Balaban J connectivity index is 1.45. The van der Waals surface area contributed by atoms with Crippen LogP contribution >= 0.6 is 0 Å². The molecule has 3 N–H and O–H groups in total. The molecular weight excluding hydrogens is 500 g/mol. The number of nitrogens with zero attached hydrogens (tertiary/aromatic N) is 1. The van der Waals surface area contributed by atoms with Gasteiger partial charge < -0.3 is 20.9 Å². The topological polar surface area (TPSA) is 90.5 Å². The molecule has 2 unspecified atom stereocenters. The second-order valence-corrected chi connectivity index (χ2v) is 11.4. The van der Waals surface area contributed by atoms with Crippen LogP contribution in [0.2, 0.25) is 0 Å². The minimum atomic E-state index is -0.833. The van der Waals surface area contributed by atoms with Crippen LogP contribution in [0.3, 0.4) is 0 Å². The number of urea groups is 1. The number of aryl methyl sites for hydroxylation is 1. The van der Waals surface area contributed by atoms with Crippen molar-refractivity contribution < 1.29 is 14.4 Å². The molecule has 0 bridgehead atoms. The first-order valence-corrected chi connectivity index (χ1v) is 14.2. The minimum absolute atomic E-state index is 0.107. The van der Waals surface area contributed by atoms with Crippen molar-refractivity contribution in [2.45, 2.75) is 69.9 Å². The molecule has 5 rings (SSSR count). The fourth-order valence-electron chi connectivity index (χ4n) is 6.11. The van der Waals surface area contributed by atoms with Gasteiger partial charge in [-0.25, -0.2) is 4.79 Å². The highest BCUT2D eigenvalue weighted by molar-refractivity contribution is 6.05. The molecule has 1 aliphatic carbocycles. The van der Waals surface area contributed by atoms with Crippen molar-refractivity contribution in [2.24, 2.45) is 0 Å². The number of amides is 4. The third-order valence-electron chi connectivity index (χ3n) is 8.12. The number of para-hydroxylation sites is 1. The second kappa shape index (κ2) is 11.9. The Bertz CT molecular complexity index is 1370. The molecule has 3 aromatic carbocycles. The molecule has 208 valence electrons. The van der Waals surface area contributed by atoms with Gasteiger partial charge in [0.1, 0.15) is 12.6 Å². The predicted octanol–water partition coefficient (Wildman–Crippen LogP) is 5.89. The Morgan fingerprint density at radius 3 is 2.40 bits per heavy atom. The number of fused-ring (bicyclic) bond motifs is 1. The Morgan fingerprint density at radius 1 is 0.925 bits per heavy atom. The van der Waals surface area contributed by atoms with Crippen molar-refractivity contribution in [2.75, 3.05) is 16.8 Å². The predicted molar refractivity (Wildman–Crippen MR) is 158 cm³/mol. The van der Waals surface area contributed by atoms with E-state index in [9.17, 15) is 14.4 Å². The molecule has 0 radical (unpaired) electrons. The first-order valence-electron chi connectivity index (χ1n) is 14.2. The van der Waals surface area contributed by atoms with Crippen molar-refractivity contribution in [1.29, 1.82) is 0 Å². The molecule has 4 amide bonds. The van der Waals surface area contributed by atoms with Crippen LogP contribution in [0, 0.1) is 6.92 Å². The summed E-state index contributed by atoms with van der Waals surface area (Å²) in [5.74, 6) is -0.627. The smallest absolute Gasteiger partial charge is 0.319 e. The number of nitrogens with one attached hydrogen (secondary N) is 3. The lowest BCUT2D eigenvalue weighted by molar-refractivity contribution is -0.125. The number of carbonyl (C=O) groups excluding carboxylic acids is 3.